The smallest absolute Gasteiger partial charge is 0.0589 e. The van der Waals surface area contributed by atoms with Crippen molar-refractivity contribution in [3.05, 3.63) is 35.9 Å². The van der Waals surface area contributed by atoms with Crippen molar-refractivity contribution >= 4 is 0 Å². The Labute approximate surface area is 81.4 Å². The van der Waals surface area contributed by atoms with Gasteiger partial charge in [0.1, 0.15) is 0 Å². The standard InChI is InChI=1S/C7H8.C5H12O/c1-7-5-3-2-4-6-7;1-4-5(2,3)6/h2-6H,1H3;6H,4H2,1-3H3. The average Bonchev–Trinajstić information content (AvgIpc) is 2.06. The van der Waals surface area contributed by atoms with Gasteiger partial charge in [0.05, 0.1) is 5.60 Å². The van der Waals surface area contributed by atoms with E-state index in [1.807, 2.05) is 25.1 Å². The summed E-state index contributed by atoms with van der Waals surface area (Å²) in [6.45, 7) is 7.64. The number of rotatable bonds is 1. The van der Waals surface area contributed by atoms with Crippen molar-refractivity contribution < 1.29 is 5.11 Å². The van der Waals surface area contributed by atoms with Crippen LogP contribution in [0.2, 0.25) is 0 Å². The molecule has 0 atom stereocenters. The van der Waals surface area contributed by atoms with Crippen molar-refractivity contribution in [3.8, 4) is 0 Å². The van der Waals surface area contributed by atoms with Crippen LogP contribution in [0.5, 0.6) is 0 Å². The molecule has 0 heterocycles. The van der Waals surface area contributed by atoms with Crippen LogP contribution in [0.1, 0.15) is 32.8 Å². The molecule has 0 aromatic heterocycles. The fraction of sp³-hybridized carbons (Fsp3) is 0.500. The second-order valence-corrected chi connectivity index (χ2v) is 3.82. The van der Waals surface area contributed by atoms with Crippen LogP contribution < -0.4 is 0 Å². The highest BCUT2D eigenvalue weighted by atomic mass is 16.3. The molecule has 0 aliphatic carbocycles. The van der Waals surface area contributed by atoms with Crippen molar-refractivity contribution in [1.29, 1.82) is 0 Å². The van der Waals surface area contributed by atoms with Crippen LogP contribution in [0.25, 0.3) is 0 Å². The van der Waals surface area contributed by atoms with Gasteiger partial charge in [-0.2, -0.15) is 0 Å². The number of aliphatic hydroxyl groups is 1. The molecule has 0 spiro atoms. The average molecular weight is 180 g/mol. The first-order chi connectivity index (χ1) is 5.95. The largest absolute Gasteiger partial charge is 0.390 e. The monoisotopic (exact) mass is 180 g/mol. The molecule has 0 amide bonds. The highest BCUT2D eigenvalue weighted by Gasteiger charge is 2.05. The molecule has 1 N–H and O–H groups in total. The predicted octanol–water partition coefficient (Wildman–Crippen LogP) is 3.16. The molecule has 0 saturated heterocycles. The first-order valence-electron chi connectivity index (χ1n) is 4.69. The third kappa shape index (κ3) is 9.09. The lowest BCUT2D eigenvalue weighted by Crippen LogP contribution is -2.15. The molecule has 1 aromatic carbocycles. The summed E-state index contributed by atoms with van der Waals surface area (Å²) >= 11 is 0. The fourth-order valence-corrected chi connectivity index (χ4v) is 0.534. The SMILES string of the molecule is CCC(C)(C)O.Cc1ccccc1. The van der Waals surface area contributed by atoms with Crippen LogP contribution in [0, 0.1) is 6.92 Å². The van der Waals surface area contributed by atoms with E-state index in [1.165, 1.54) is 5.56 Å². The van der Waals surface area contributed by atoms with Crippen LogP contribution >= 0.6 is 0 Å². The zero-order valence-corrected chi connectivity index (χ0v) is 9.04. The molecule has 0 aliphatic heterocycles. The molecule has 0 radical (unpaired) electrons. The lowest BCUT2D eigenvalue weighted by molar-refractivity contribution is 0.0765. The molecule has 0 fully saturated rings. The van der Waals surface area contributed by atoms with Gasteiger partial charge in [0.15, 0.2) is 0 Å². The van der Waals surface area contributed by atoms with E-state index in [9.17, 15) is 0 Å². The molecule has 0 unspecified atom stereocenters. The summed E-state index contributed by atoms with van der Waals surface area (Å²) < 4.78 is 0. The summed E-state index contributed by atoms with van der Waals surface area (Å²) in [5, 5.41) is 8.83. The lowest BCUT2D eigenvalue weighted by atomic mass is 10.1. The minimum absolute atomic E-state index is 0.458. The van der Waals surface area contributed by atoms with Gasteiger partial charge in [-0.05, 0) is 27.2 Å². The lowest BCUT2D eigenvalue weighted by Gasteiger charge is -2.11. The van der Waals surface area contributed by atoms with E-state index in [0.717, 1.165) is 6.42 Å². The van der Waals surface area contributed by atoms with Gasteiger partial charge in [0, 0.05) is 0 Å². The zero-order chi connectivity index (χ0) is 10.3. The molecule has 0 saturated carbocycles. The quantitative estimate of drug-likeness (QED) is 0.704. The van der Waals surface area contributed by atoms with Crippen LogP contribution in [0.3, 0.4) is 0 Å². The van der Waals surface area contributed by atoms with Crippen molar-refractivity contribution in [2.45, 2.75) is 39.7 Å². The van der Waals surface area contributed by atoms with Crippen LogP contribution in [0.15, 0.2) is 30.3 Å². The molecular formula is C12H20O. The van der Waals surface area contributed by atoms with E-state index in [-0.39, 0.29) is 0 Å². The van der Waals surface area contributed by atoms with E-state index >= 15 is 0 Å². The Morgan fingerprint density at radius 2 is 1.54 bits per heavy atom. The van der Waals surface area contributed by atoms with Gasteiger partial charge in [-0.1, -0.05) is 42.8 Å². The Kier molecular flexibility index (Phi) is 5.40. The van der Waals surface area contributed by atoms with E-state index in [1.54, 1.807) is 13.8 Å². The highest BCUT2D eigenvalue weighted by molar-refractivity contribution is 5.11. The minimum atomic E-state index is -0.458. The minimum Gasteiger partial charge on any atom is -0.390 e. The van der Waals surface area contributed by atoms with E-state index in [0.29, 0.717) is 0 Å². The Morgan fingerprint density at radius 3 is 1.69 bits per heavy atom. The summed E-state index contributed by atoms with van der Waals surface area (Å²) in [7, 11) is 0. The first kappa shape index (κ1) is 12.2. The van der Waals surface area contributed by atoms with E-state index < -0.39 is 5.60 Å². The van der Waals surface area contributed by atoms with Crippen LogP contribution in [0.4, 0.5) is 0 Å². The molecular weight excluding hydrogens is 160 g/mol. The summed E-state index contributed by atoms with van der Waals surface area (Å²) in [6, 6.07) is 10.3. The number of benzene rings is 1. The third-order valence-corrected chi connectivity index (χ3v) is 1.81. The number of aryl methyl sites for hydroxylation is 1. The maximum Gasteiger partial charge on any atom is 0.0589 e. The highest BCUT2D eigenvalue weighted by Crippen LogP contribution is 2.03. The van der Waals surface area contributed by atoms with Gasteiger partial charge in [-0.25, -0.2) is 0 Å². The molecule has 0 bridgehead atoms. The van der Waals surface area contributed by atoms with E-state index in [2.05, 4.69) is 19.1 Å². The second-order valence-electron chi connectivity index (χ2n) is 3.82. The summed E-state index contributed by atoms with van der Waals surface area (Å²) in [5.74, 6) is 0. The van der Waals surface area contributed by atoms with Crippen LogP contribution in [-0.4, -0.2) is 10.7 Å². The maximum absolute atomic E-state index is 8.83. The Bertz CT molecular complexity index is 208. The molecule has 1 rings (SSSR count). The summed E-state index contributed by atoms with van der Waals surface area (Å²) in [6.07, 6.45) is 0.826. The molecule has 0 aliphatic rings. The summed E-state index contributed by atoms with van der Waals surface area (Å²) in [5.41, 5.74) is 0.863. The topological polar surface area (TPSA) is 20.2 Å². The van der Waals surface area contributed by atoms with Crippen molar-refractivity contribution in [3.63, 3.8) is 0 Å². The normalized spacial score (nSPS) is 10.2. The second kappa shape index (κ2) is 5.76. The van der Waals surface area contributed by atoms with Gasteiger partial charge < -0.3 is 5.11 Å². The molecule has 1 nitrogen and oxygen atoms in total. The Morgan fingerprint density at radius 1 is 1.15 bits per heavy atom. The van der Waals surface area contributed by atoms with Gasteiger partial charge >= 0.3 is 0 Å². The molecule has 1 heteroatoms. The number of hydrogen-bond donors (Lipinski definition) is 1. The van der Waals surface area contributed by atoms with Gasteiger partial charge in [-0.15, -0.1) is 0 Å². The first-order valence-corrected chi connectivity index (χ1v) is 4.69. The van der Waals surface area contributed by atoms with Crippen molar-refractivity contribution in [1.82, 2.24) is 0 Å². The maximum atomic E-state index is 8.83. The Hall–Kier alpha value is -0.820. The van der Waals surface area contributed by atoms with Crippen molar-refractivity contribution in [2.24, 2.45) is 0 Å². The zero-order valence-electron chi connectivity index (χ0n) is 9.04. The van der Waals surface area contributed by atoms with Gasteiger partial charge in [0.25, 0.3) is 0 Å². The van der Waals surface area contributed by atoms with Gasteiger partial charge in [0.2, 0.25) is 0 Å². The predicted molar refractivity (Wildman–Crippen MR) is 57.8 cm³/mol. The molecule has 13 heavy (non-hydrogen) atoms. The molecule has 74 valence electrons. The summed E-state index contributed by atoms with van der Waals surface area (Å²) in [4.78, 5) is 0. The van der Waals surface area contributed by atoms with Gasteiger partial charge in [-0.3, -0.25) is 0 Å². The van der Waals surface area contributed by atoms with E-state index in [4.69, 9.17) is 5.11 Å². The molecule has 1 aromatic rings. The fourth-order valence-electron chi connectivity index (χ4n) is 0.534. The Balaban J connectivity index is 0.000000226. The number of hydrogen-bond acceptors (Lipinski definition) is 1. The van der Waals surface area contributed by atoms with Crippen LogP contribution in [-0.2, 0) is 0 Å². The van der Waals surface area contributed by atoms with Crippen molar-refractivity contribution in [2.75, 3.05) is 0 Å². The third-order valence-electron chi connectivity index (χ3n) is 1.81.